The average Bonchev–Trinajstić information content (AvgIpc) is 3.95. The van der Waals surface area contributed by atoms with E-state index in [0.717, 1.165) is 81.4 Å². The number of aromatic amines is 1. The first-order chi connectivity index (χ1) is 27.8. The Morgan fingerprint density at radius 1 is 0.831 bits per heavy atom. The van der Waals surface area contributed by atoms with Crippen LogP contribution in [0.1, 0.15) is 158 Å². The van der Waals surface area contributed by atoms with Crippen LogP contribution in [0.15, 0.2) is 42.9 Å². The topological polar surface area (TPSA) is 105 Å². The number of rotatable bonds is 7. The van der Waals surface area contributed by atoms with Gasteiger partial charge >= 0.3 is 5.97 Å². The molecule has 2 aromatic heterocycles. The molecule has 7 aliphatic rings. The van der Waals surface area contributed by atoms with Gasteiger partial charge in [-0.3, -0.25) is 19.4 Å². The maximum Gasteiger partial charge on any atom is 0.309 e. The molecule has 0 aromatic carbocycles. The largest absolute Gasteiger partial charge is 0.462 e. The van der Waals surface area contributed by atoms with E-state index in [-0.39, 0.29) is 68.2 Å². The van der Waals surface area contributed by atoms with Crippen molar-refractivity contribution in [1.82, 2.24) is 19.9 Å². The fraction of sp³-hybridized carbons (Fsp3) is 0.745. The number of pyridine rings is 1. The summed E-state index contributed by atoms with van der Waals surface area (Å²) in [6.07, 6.45) is 18.8. The predicted octanol–water partition coefficient (Wildman–Crippen LogP) is 11.0. The molecule has 6 saturated carbocycles. The molecule has 1 amide bonds. The fourth-order valence-corrected chi connectivity index (χ4v) is 16.7. The third kappa shape index (κ3) is 5.74. The number of carbonyl (C=O) groups is 3. The van der Waals surface area contributed by atoms with Crippen molar-refractivity contribution >= 4 is 17.7 Å². The number of aromatic nitrogens is 3. The van der Waals surface area contributed by atoms with Crippen LogP contribution in [-0.2, 0) is 19.1 Å². The lowest BCUT2D eigenvalue weighted by atomic mass is 9.32. The number of likely N-dealkylation sites (tertiary alicyclic amines) is 1. The van der Waals surface area contributed by atoms with Crippen LogP contribution >= 0.6 is 0 Å². The van der Waals surface area contributed by atoms with Crippen LogP contribution in [0.5, 0.6) is 0 Å². The smallest absolute Gasteiger partial charge is 0.309 e. The van der Waals surface area contributed by atoms with Gasteiger partial charge in [-0.2, -0.15) is 0 Å². The summed E-state index contributed by atoms with van der Waals surface area (Å²) >= 11 is 0. The van der Waals surface area contributed by atoms with Crippen molar-refractivity contribution in [3.8, 4) is 11.3 Å². The molecule has 13 atom stereocenters. The number of amides is 1. The van der Waals surface area contributed by atoms with Crippen LogP contribution in [-0.4, -0.2) is 50.2 Å². The van der Waals surface area contributed by atoms with E-state index in [1.165, 1.54) is 24.8 Å². The van der Waals surface area contributed by atoms with Gasteiger partial charge in [0.2, 0.25) is 5.91 Å². The first-order valence-corrected chi connectivity index (χ1v) is 23.4. The molecule has 9 rings (SSSR count). The maximum atomic E-state index is 15.5. The summed E-state index contributed by atoms with van der Waals surface area (Å²) in [5.74, 6) is 3.30. The number of esters is 1. The van der Waals surface area contributed by atoms with Crippen LogP contribution in [0.4, 0.5) is 0 Å². The van der Waals surface area contributed by atoms with Crippen LogP contribution in [0.3, 0.4) is 0 Å². The van der Waals surface area contributed by atoms with Crippen molar-refractivity contribution in [2.75, 3.05) is 6.54 Å². The number of ether oxygens (including phenoxy) is 1. The predicted molar refractivity (Wildman–Crippen MR) is 230 cm³/mol. The summed E-state index contributed by atoms with van der Waals surface area (Å²) in [5.41, 5.74) is 2.81. The number of Topliss-reactive ketones (excluding diaryl/α,β-unsaturated/α-hetero) is 1. The van der Waals surface area contributed by atoms with Gasteiger partial charge in [-0.1, -0.05) is 60.6 Å². The van der Waals surface area contributed by atoms with Crippen LogP contribution in [0.25, 0.3) is 11.3 Å². The minimum atomic E-state index is -0.358. The summed E-state index contributed by atoms with van der Waals surface area (Å²) in [7, 11) is 0. The van der Waals surface area contributed by atoms with E-state index in [1.54, 1.807) is 13.1 Å². The highest BCUT2D eigenvalue weighted by Crippen LogP contribution is 2.78. The Balaban J connectivity index is 0.968. The van der Waals surface area contributed by atoms with E-state index in [2.05, 4.69) is 82.9 Å². The molecule has 1 saturated heterocycles. The van der Waals surface area contributed by atoms with Gasteiger partial charge in [-0.15, -0.1) is 0 Å². The molecule has 0 bridgehead atoms. The molecule has 0 radical (unpaired) electrons. The molecule has 8 nitrogen and oxygen atoms in total. The molecule has 59 heavy (non-hydrogen) atoms. The van der Waals surface area contributed by atoms with Crippen LogP contribution in [0.2, 0.25) is 0 Å². The van der Waals surface area contributed by atoms with Gasteiger partial charge in [-0.25, -0.2) is 4.98 Å². The molecule has 1 aliphatic heterocycles. The lowest BCUT2D eigenvalue weighted by Gasteiger charge is -2.73. The minimum Gasteiger partial charge on any atom is -0.462 e. The molecule has 0 unspecified atom stereocenters. The minimum absolute atomic E-state index is 0.0287. The van der Waals surface area contributed by atoms with E-state index >= 15 is 4.79 Å². The number of fused-ring (bicyclic) bond motifs is 7. The van der Waals surface area contributed by atoms with E-state index < -0.39 is 0 Å². The molecular formula is C51H72N4O4. The third-order valence-corrected chi connectivity index (χ3v) is 20.1. The summed E-state index contributed by atoms with van der Waals surface area (Å²) < 4.78 is 6.55. The zero-order valence-corrected chi connectivity index (χ0v) is 37.7. The van der Waals surface area contributed by atoms with Crippen LogP contribution < -0.4 is 0 Å². The Morgan fingerprint density at radius 3 is 2.31 bits per heavy atom. The average molecular weight is 805 g/mol. The molecule has 7 fully saturated rings. The number of hydrogen-bond donors (Lipinski definition) is 1. The number of ketones is 1. The van der Waals surface area contributed by atoms with Crippen LogP contribution in [0, 0.1) is 73.9 Å². The van der Waals surface area contributed by atoms with Gasteiger partial charge in [-0.05, 0) is 161 Å². The fourth-order valence-electron chi connectivity index (χ4n) is 16.7. The van der Waals surface area contributed by atoms with Crippen molar-refractivity contribution in [3.05, 3.63) is 48.7 Å². The van der Waals surface area contributed by atoms with Gasteiger partial charge in [0.15, 0.2) is 0 Å². The first-order valence-electron chi connectivity index (χ1n) is 23.4. The number of H-pyrrole nitrogens is 1. The summed E-state index contributed by atoms with van der Waals surface area (Å²) in [5, 5.41) is 0. The highest BCUT2D eigenvalue weighted by molar-refractivity contribution is 5.85. The molecule has 320 valence electrons. The van der Waals surface area contributed by atoms with E-state index in [0.29, 0.717) is 41.9 Å². The second-order valence-corrected chi connectivity index (χ2v) is 23.0. The Labute approximate surface area is 353 Å². The number of hydrogen-bond acceptors (Lipinski definition) is 6. The maximum absolute atomic E-state index is 15.5. The summed E-state index contributed by atoms with van der Waals surface area (Å²) in [4.78, 5) is 56.6. The van der Waals surface area contributed by atoms with Crippen molar-refractivity contribution in [3.63, 3.8) is 0 Å². The number of nitrogens with zero attached hydrogens (tertiary/aromatic N) is 3. The molecule has 6 aliphatic carbocycles. The van der Waals surface area contributed by atoms with Crippen molar-refractivity contribution in [2.45, 2.75) is 158 Å². The standard InChI is InChI=1S/C51H72N4O4/c1-30(2)33-17-22-51(45(58)55-26-12-14-38(55)43-53-29-37(54-43)32-13-11-25-52-28-32)24-23-49(9)34(42(33)51)15-16-40-48(8)20-19-41(47(6,7)39(48)18-21-50(40,49)10)59-44(57)36-27-35(31(3)56)46(36,4)5/h11,13,25,28-29,33-36,38-42H,1,12,14-24,26-27H2,2-10H3,(H,53,54)/t33-,34+,35-,36+,38-,39-,40+,41-,42+,48-,49+,50+,51-/m0/s1. The molecule has 3 heterocycles. The summed E-state index contributed by atoms with van der Waals surface area (Å²) in [6.45, 7) is 26.2. The lowest BCUT2D eigenvalue weighted by molar-refractivity contribution is -0.251. The quantitative estimate of drug-likeness (QED) is 0.221. The van der Waals surface area contributed by atoms with Gasteiger partial charge < -0.3 is 14.6 Å². The number of carbonyl (C=O) groups excluding carboxylic acids is 3. The Morgan fingerprint density at radius 2 is 1.61 bits per heavy atom. The normalized spacial score (nSPS) is 43.0. The monoisotopic (exact) mass is 805 g/mol. The molecule has 2 aromatic rings. The van der Waals surface area contributed by atoms with Gasteiger partial charge in [0.1, 0.15) is 17.7 Å². The van der Waals surface area contributed by atoms with E-state index in [4.69, 9.17) is 9.72 Å². The second-order valence-electron chi connectivity index (χ2n) is 23.0. The lowest BCUT2D eigenvalue weighted by Crippen LogP contribution is -2.67. The highest BCUT2D eigenvalue weighted by Gasteiger charge is 2.72. The third-order valence-electron chi connectivity index (χ3n) is 20.1. The Hall–Kier alpha value is -3.29. The number of nitrogens with one attached hydrogen (secondary N) is 1. The molecule has 1 N–H and O–H groups in total. The first kappa shape index (κ1) is 41.1. The number of allylic oxidation sites excluding steroid dienone is 1. The zero-order valence-electron chi connectivity index (χ0n) is 37.7. The van der Waals surface area contributed by atoms with Gasteiger partial charge in [0, 0.05) is 35.8 Å². The Bertz CT molecular complexity index is 2020. The van der Waals surface area contributed by atoms with E-state index in [1.807, 2.05) is 18.5 Å². The van der Waals surface area contributed by atoms with Crippen molar-refractivity contribution < 1.29 is 19.1 Å². The highest BCUT2D eigenvalue weighted by atomic mass is 16.5. The number of imidazole rings is 1. The Kier molecular flexibility index (Phi) is 9.65. The molecular weight excluding hydrogens is 733 g/mol. The van der Waals surface area contributed by atoms with Crippen molar-refractivity contribution in [1.29, 1.82) is 0 Å². The summed E-state index contributed by atoms with van der Waals surface area (Å²) in [6, 6.07) is 3.97. The molecule has 8 heteroatoms. The van der Waals surface area contributed by atoms with Gasteiger partial charge in [0.05, 0.1) is 29.3 Å². The van der Waals surface area contributed by atoms with E-state index in [9.17, 15) is 9.59 Å². The SMILES string of the molecule is C=C(C)[C@@H]1CC[C@]2(C(=O)N3CCC[C@H]3c3ncc(-c4cccnc4)[nH]3)CC[C@]3(C)[C@H](CC[C@@H]4[C@@]5(C)CC[C@H](OC(=O)[C@H]6C[C@@H](C(C)=O)C6(C)C)C(C)(C)[C@@H]5CC[C@]43C)[C@@H]12. The molecule has 0 spiro atoms. The van der Waals surface area contributed by atoms with Gasteiger partial charge in [0.25, 0.3) is 0 Å². The zero-order chi connectivity index (χ0) is 42.1. The van der Waals surface area contributed by atoms with Crippen molar-refractivity contribution in [2.24, 2.45) is 73.9 Å². The second kappa shape index (κ2) is 13.9.